The molecular formula is C30H31NO4. The summed E-state index contributed by atoms with van der Waals surface area (Å²) in [5.41, 5.74) is 0.0936. The fourth-order valence-corrected chi connectivity index (χ4v) is 5.35. The van der Waals surface area contributed by atoms with E-state index in [-0.39, 0.29) is 0 Å². The molecule has 1 atom stereocenters. The molecule has 0 bridgehead atoms. The molecule has 180 valence electrons. The number of rotatable bonds is 7. The van der Waals surface area contributed by atoms with Crippen molar-refractivity contribution in [1.82, 2.24) is 0 Å². The summed E-state index contributed by atoms with van der Waals surface area (Å²) in [5.74, 6) is -1.00. The predicted octanol–water partition coefficient (Wildman–Crippen LogP) is 5.72. The topological polar surface area (TPSA) is 65.0 Å². The minimum atomic E-state index is -1.63. The standard InChI is InChI=1S/C30H31NO4/c1-34-27(32)29(21-13-6-14-22-29)30(28(33)35-2,25-19-11-5-12-20-25)31-26(23-15-7-3-8-16-23)24-17-9-4-10-18-24/h3-5,7-12,15-20H,6,13-14,21-22H2,1-2H3. The number of esters is 2. The summed E-state index contributed by atoms with van der Waals surface area (Å²) in [6, 6.07) is 28.8. The van der Waals surface area contributed by atoms with Crippen molar-refractivity contribution in [3.63, 3.8) is 0 Å². The van der Waals surface area contributed by atoms with Gasteiger partial charge in [0.15, 0.2) is 5.54 Å². The number of hydrogen-bond donors (Lipinski definition) is 0. The van der Waals surface area contributed by atoms with E-state index in [9.17, 15) is 9.59 Å². The Morgan fingerprint density at radius 1 is 0.714 bits per heavy atom. The number of nitrogens with zero attached hydrogens (tertiary/aromatic N) is 1. The van der Waals surface area contributed by atoms with Crippen LogP contribution < -0.4 is 0 Å². The minimum absolute atomic E-state index is 0.435. The molecule has 0 spiro atoms. The lowest BCUT2D eigenvalue weighted by Crippen LogP contribution is -2.57. The highest BCUT2D eigenvalue weighted by atomic mass is 16.5. The molecule has 0 saturated heterocycles. The maximum absolute atomic E-state index is 14.0. The van der Waals surface area contributed by atoms with Gasteiger partial charge in [0.2, 0.25) is 0 Å². The van der Waals surface area contributed by atoms with E-state index in [0.29, 0.717) is 24.1 Å². The average Bonchev–Trinajstić information content (AvgIpc) is 2.94. The van der Waals surface area contributed by atoms with Crippen LogP contribution in [0.4, 0.5) is 0 Å². The first kappa shape index (κ1) is 24.4. The SMILES string of the molecule is COC(=O)C1(C(N=C(c2ccccc2)c2ccccc2)(C(=O)OC)c2ccccc2)CCCCC1. The highest BCUT2D eigenvalue weighted by Crippen LogP contribution is 2.54. The van der Waals surface area contributed by atoms with Crippen molar-refractivity contribution < 1.29 is 19.1 Å². The lowest BCUT2D eigenvalue weighted by atomic mass is 9.58. The van der Waals surface area contributed by atoms with Gasteiger partial charge in [0.05, 0.1) is 19.9 Å². The van der Waals surface area contributed by atoms with Gasteiger partial charge in [-0.15, -0.1) is 0 Å². The molecule has 5 nitrogen and oxygen atoms in total. The van der Waals surface area contributed by atoms with Crippen LogP contribution in [0, 0.1) is 5.41 Å². The van der Waals surface area contributed by atoms with Gasteiger partial charge >= 0.3 is 11.9 Å². The van der Waals surface area contributed by atoms with E-state index in [4.69, 9.17) is 14.5 Å². The highest BCUT2D eigenvalue weighted by molar-refractivity contribution is 6.14. The number of aliphatic imine (C=N–C) groups is 1. The third-order valence-corrected chi connectivity index (χ3v) is 7.02. The van der Waals surface area contributed by atoms with Crippen LogP contribution in [0.25, 0.3) is 0 Å². The Bertz CT molecular complexity index is 1130. The van der Waals surface area contributed by atoms with Crippen LogP contribution in [0.5, 0.6) is 0 Å². The third kappa shape index (κ3) is 4.39. The van der Waals surface area contributed by atoms with Gasteiger partial charge < -0.3 is 9.47 Å². The summed E-state index contributed by atoms with van der Waals surface area (Å²) in [6.45, 7) is 0. The first-order valence-electron chi connectivity index (χ1n) is 12.0. The summed E-state index contributed by atoms with van der Waals surface area (Å²) in [5, 5.41) is 0. The van der Waals surface area contributed by atoms with Crippen LogP contribution in [0.3, 0.4) is 0 Å². The van der Waals surface area contributed by atoms with Crippen molar-refractivity contribution in [1.29, 1.82) is 0 Å². The largest absolute Gasteiger partial charge is 0.468 e. The van der Waals surface area contributed by atoms with Gasteiger partial charge in [-0.05, 0) is 18.4 Å². The van der Waals surface area contributed by atoms with E-state index in [0.717, 1.165) is 30.4 Å². The molecule has 1 unspecified atom stereocenters. The molecule has 1 fully saturated rings. The van der Waals surface area contributed by atoms with Crippen molar-refractivity contribution in [3.8, 4) is 0 Å². The number of ether oxygens (including phenoxy) is 2. The van der Waals surface area contributed by atoms with Gasteiger partial charge in [-0.3, -0.25) is 9.79 Å². The van der Waals surface area contributed by atoms with E-state index in [1.807, 2.05) is 91.0 Å². The summed E-state index contributed by atoms with van der Waals surface area (Å²) in [4.78, 5) is 33.0. The Morgan fingerprint density at radius 2 is 1.20 bits per heavy atom. The third-order valence-electron chi connectivity index (χ3n) is 7.02. The Hall–Kier alpha value is -3.73. The zero-order chi connectivity index (χ0) is 24.7. The van der Waals surface area contributed by atoms with Gasteiger partial charge in [0.25, 0.3) is 0 Å². The average molecular weight is 470 g/mol. The summed E-state index contributed by atoms with van der Waals surface area (Å²) < 4.78 is 10.9. The van der Waals surface area contributed by atoms with E-state index < -0.39 is 22.9 Å². The molecule has 0 aromatic heterocycles. The molecule has 0 radical (unpaired) electrons. The lowest BCUT2D eigenvalue weighted by Gasteiger charge is -2.46. The summed E-state index contributed by atoms with van der Waals surface area (Å²) in [6.07, 6.45) is 3.52. The fraction of sp³-hybridized carbons (Fsp3) is 0.300. The van der Waals surface area contributed by atoms with Crippen LogP contribution in [0.1, 0.15) is 48.8 Å². The molecule has 0 N–H and O–H groups in total. The van der Waals surface area contributed by atoms with Gasteiger partial charge in [0.1, 0.15) is 5.41 Å². The monoisotopic (exact) mass is 469 g/mol. The summed E-state index contributed by atoms with van der Waals surface area (Å²) in [7, 11) is 2.73. The van der Waals surface area contributed by atoms with Crippen molar-refractivity contribution in [2.75, 3.05) is 14.2 Å². The molecule has 3 aromatic rings. The Kier molecular flexibility index (Phi) is 7.45. The maximum atomic E-state index is 14.0. The van der Waals surface area contributed by atoms with Crippen molar-refractivity contribution in [2.24, 2.45) is 10.4 Å². The lowest BCUT2D eigenvalue weighted by molar-refractivity contribution is -0.172. The van der Waals surface area contributed by atoms with E-state index in [2.05, 4.69) is 0 Å². The molecule has 5 heteroatoms. The maximum Gasteiger partial charge on any atom is 0.339 e. The first-order chi connectivity index (χ1) is 17.1. The molecule has 0 amide bonds. The van der Waals surface area contributed by atoms with Crippen LogP contribution in [0.2, 0.25) is 0 Å². The summed E-state index contributed by atoms with van der Waals surface area (Å²) >= 11 is 0. The zero-order valence-corrected chi connectivity index (χ0v) is 20.3. The zero-order valence-electron chi connectivity index (χ0n) is 20.3. The van der Waals surface area contributed by atoms with Gasteiger partial charge in [-0.25, -0.2) is 4.79 Å². The number of benzene rings is 3. The second-order valence-electron chi connectivity index (χ2n) is 8.89. The Morgan fingerprint density at radius 3 is 1.66 bits per heavy atom. The van der Waals surface area contributed by atoms with Gasteiger partial charge in [-0.2, -0.15) is 0 Å². The van der Waals surface area contributed by atoms with Crippen LogP contribution in [-0.2, 0) is 24.6 Å². The second-order valence-corrected chi connectivity index (χ2v) is 8.89. The molecule has 4 rings (SSSR count). The van der Waals surface area contributed by atoms with Gasteiger partial charge in [0, 0.05) is 11.1 Å². The second kappa shape index (κ2) is 10.7. The van der Waals surface area contributed by atoms with E-state index in [1.54, 1.807) is 0 Å². The van der Waals surface area contributed by atoms with Crippen molar-refractivity contribution in [2.45, 2.75) is 37.6 Å². The fourth-order valence-electron chi connectivity index (χ4n) is 5.35. The quantitative estimate of drug-likeness (QED) is 0.328. The Labute approximate surface area is 206 Å². The predicted molar refractivity (Wildman–Crippen MR) is 136 cm³/mol. The molecular weight excluding hydrogens is 438 g/mol. The Balaban J connectivity index is 2.14. The highest BCUT2D eigenvalue weighted by Gasteiger charge is 2.64. The van der Waals surface area contributed by atoms with Gasteiger partial charge in [-0.1, -0.05) is 110 Å². The van der Waals surface area contributed by atoms with E-state index in [1.165, 1.54) is 14.2 Å². The van der Waals surface area contributed by atoms with Crippen LogP contribution in [-0.4, -0.2) is 31.9 Å². The van der Waals surface area contributed by atoms with Crippen molar-refractivity contribution in [3.05, 3.63) is 108 Å². The molecule has 35 heavy (non-hydrogen) atoms. The molecule has 1 aliphatic rings. The van der Waals surface area contributed by atoms with Crippen LogP contribution >= 0.6 is 0 Å². The normalized spacial score (nSPS) is 16.4. The van der Waals surface area contributed by atoms with E-state index >= 15 is 0 Å². The number of carbonyl (C=O) groups excluding carboxylic acids is 2. The number of methoxy groups -OCH3 is 2. The number of hydrogen-bond acceptors (Lipinski definition) is 5. The molecule has 1 aliphatic carbocycles. The van der Waals surface area contributed by atoms with Crippen molar-refractivity contribution >= 4 is 17.7 Å². The van der Waals surface area contributed by atoms with Crippen LogP contribution in [0.15, 0.2) is 96.0 Å². The molecule has 1 saturated carbocycles. The molecule has 3 aromatic carbocycles. The first-order valence-corrected chi connectivity index (χ1v) is 12.0. The minimum Gasteiger partial charge on any atom is -0.468 e. The number of carbonyl (C=O) groups is 2. The smallest absolute Gasteiger partial charge is 0.339 e. The molecule has 0 heterocycles. The molecule has 0 aliphatic heterocycles.